The Morgan fingerprint density at radius 1 is 1.19 bits per heavy atom. The predicted octanol–water partition coefficient (Wildman–Crippen LogP) is 4.33. The molecule has 3 rings (SSSR count). The van der Waals surface area contributed by atoms with Gasteiger partial charge in [0.1, 0.15) is 0 Å². The van der Waals surface area contributed by atoms with Crippen molar-refractivity contribution in [3.8, 4) is 11.4 Å². The quantitative estimate of drug-likeness (QED) is 0.653. The molecule has 134 valence electrons. The van der Waals surface area contributed by atoms with Crippen LogP contribution in [-0.4, -0.2) is 21.3 Å². The van der Waals surface area contributed by atoms with E-state index in [1.165, 1.54) is 5.56 Å². The highest BCUT2D eigenvalue weighted by Gasteiger charge is 2.16. The monoisotopic (exact) mass is 387 g/mol. The molecule has 0 radical (unpaired) electrons. The Morgan fingerprint density at radius 3 is 2.69 bits per heavy atom. The molecule has 0 saturated carbocycles. The third-order valence-electron chi connectivity index (χ3n) is 3.71. The summed E-state index contributed by atoms with van der Waals surface area (Å²) in [5.41, 5.74) is 1.89. The Kier molecular flexibility index (Phi) is 6.30. The fraction of sp³-hybridized carbons (Fsp3) is 0.211. The molecule has 5 nitrogen and oxygen atoms in total. The fourth-order valence-electron chi connectivity index (χ4n) is 2.26. The largest absolute Gasteiger partial charge is 0.346 e. The lowest BCUT2D eigenvalue weighted by Crippen LogP contribution is -2.30. The van der Waals surface area contributed by atoms with Gasteiger partial charge in [-0.05, 0) is 24.6 Å². The molecule has 2 aromatic carbocycles. The van der Waals surface area contributed by atoms with Gasteiger partial charge in [0.05, 0.1) is 16.8 Å². The highest BCUT2D eigenvalue weighted by Crippen LogP contribution is 2.24. The number of thioether (sulfide) groups is 1. The number of rotatable bonds is 7. The molecule has 0 saturated heterocycles. The number of hydrogen-bond acceptors (Lipinski definition) is 5. The van der Waals surface area contributed by atoms with Gasteiger partial charge in [-0.15, -0.1) is 11.8 Å². The summed E-state index contributed by atoms with van der Waals surface area (Å²) in [6.07, 6.45) is 0. The first-order valence-corrected chi connectivity index (χ1v) is 9.57. The summed E-state index contributed by atoms with van der Waals surface area (Å²) < 4.78 is 5.19. The number of amides is 1. The number of carbonyl (C=O) groups excluding carboxylic acids is 1. The van der Waals surface area contributed by atoms with E-state index in [1.807, 2.05) is 55.5 Å². The van der Waals surface area contributed by atoms with Gasteiger partial charge in [-0.25, -0.2) is 0 Å². The summed E-state index contributed by atoms with van der Waals surface area (Å²) in [7, 11) is 0. The van der Waals surface area contributed by atoms with E-state index >= 15 is 0 Å². The molecule has 1 N–H and O–H groups in total. The SMILES string of the molecule is C[C@@H](SCc1ccccc1)C(=O)NCc1nc(-c2ccccc2Cl)no1. The van der Waals surface area contributed by atoms with Gasteiger partial charge in [-0.2, -0.15) is 4.98 Å². The molecule has 0 aliphatic carbocycles. The van der Waals surface area contributed by atoms with Crippen LogP contribution in [0.15, 0.2) is 59.1 Å². The molecule has 1 heterocycles. The third-order valence-corrected chi connectivity index (χ3v) is 5.25. The molecule has 0 aliphatic rings. The lowest BCUT2D eigenvalue weighted by Gasteiger charge is -2.10. The normalized spacial score (nSPS) is 11.9. The zero-order valence-corrected chi connectivity index (χ0v) is 15.8. The molecule has 26 heavy (non-hydrogen) atoms. The Bertz CT molecular complexity index is 870. The van der Waals surface area contributed by atoms with Crippen LogP contribution in [-0.2, 0) is 17.1 Å². The van der Waals surface area contributed by atoms with Gasteiger partial charge in [0.15, 0.2) is 0 Å². The van der Waals surface area contributed by atoms with E-state index in [1.54, 1.807) is 17.8 Å². The number of nitrogens with one attached hydrogen (secondary N) is 1. The molecule has 0 spiro atoms. The number of halogens is 1. The Morgan fingerprint density at radius 2 is 1.92 bits per heavy atom. The van der Waals surface area contributed by atoms with E-state index in [9.17, 15) is 4.79 Å². The van der Waals surface area contributed by atoms with Crippen LogP contribution in [0.4, 0.5) is 0 Å². The highest BCUT2D eigenvalue weighted by atomic mass is 35.5. The lowest BCUT2D eigenvalue weighted by atomic mass is 10.2. The first-order chi connectivity index (χ1) is 12.6. The summed E-state index contributed by atoms with van der Waals surface area (Å²) in [4.78, 5) is 16.5. The van der Waals surface area contributed by atoms with Crippen molar-refractivity contribution in [3.05, 3.63) is 71.1 Å². The van der Waals surface area contributed by atoms with Gasteiger partial charge in [-0.1, -0.05) is 59.2 Å². The second kappa shape index (κ2) is 8.87. The summed E-state index contributed by atoms with van der Waals surface area (Å²) in [5.74, 6) is 1.47. The zero-order chi connectivity index (χ0) is 18.4. The minimum Gasteiger partial charge on any atom is -0.346 e. The highest BCUT2D eigenvalue weighted by molar-refractivity contribution is 7.99. The van der Waals surface area contributed by atoms with E-state index in [-0.39, 0.29) is 17.7 Å². The van der Waals surface area contributed by atoms with Crippen LogP contribution in [0.1, 0.15) is 18.4 Å². The summed E-state index contributed by atoms with van der Waals surface area (Å²) >= 11 is 7.71. The molecule has 1 amide bonds. The van der Waals surface area contributed by atoms with Gasteiger partial charge in [0, 0.05) is 11.3 Å². The first-order valence-electron chi connectivity index (χ1n) is 8.14. The summed E-state index contributed by atoms with van der Waals surface area (Å²) in [5, 5.41) is 7.12. The van der Waals surface area contributed by atoms with Crippen LogP contribution in [0, 0.1) is 0 Å². The molecule has 7 heteroatoms. The maximum absolute atomic E-state index is 12.2. The van der Waals surface area contributed by atoms with Crippen LogP contribution in [0.25, 0.3) is 11.4 Å². The Labute approximate surface area is 161 Å². The molecular formula is C19H18ClN3O2S. The van der Waals surface area contributed by atoms with Crippen molar-refractivity contribution in [2.45, 2.75) is 24.5 Å². The van der Waals surface area contributed by atoms with Crippen molar-refractivity contribution in [2.75, 3.05) is 0 Å². The molecule has 1 aromatic heterocycles. The van der Waals surface area contributed by atoms with E-state index in [4.69, 9.17) is 16.1 Å². The van der Waals surface area contributed by atoms with Crippen molar-refractivity contribution in [1.82, 2.24) is 15.5 Å². The van der Waals surface area contributed by atoms with Gasteiger partial charge in [0.2, 0.25) is 17.6 Å². The molecular weight excluding hydrogens is 370 g/mol. The van der Waals surface area contributed by atoms with Gasteiger partial charge in [0.25, 0.3) is 0 Å². The van der Waals surface area contributed by atoms with E-state index in [2.05, 4.69) is 15.5 Å². The van der Waals surface area contributed by atoms with Crippen molar-refractivity contribution in [1.29, 1.82) is 0 Å². The first kappa shape index (κ1) is 18.5. The lowest BCUT2D eigenvalue weighted by molar-refractivity contribution is -0.120. The van der Waals surface area contributed by atoms with E-state index in [0.29, 0.717) is 22.3 Å². The number of benzene rings is 2. The molecule has 0 bridgehead atoms. The number of nitrogens with zero attached hydrogens (tertiary/aromatic N) is 2. The zero-order valence-electron chi connectivity index (χ0n) is 14.2. The van der Waals surface area contributed by atoms with Crippen molar-refractivity contribution in [3.63, 3.8) is 0 Å². The third kappa shape index (κ3) is 4.86. The maximum Gasteiger partial charge on any atom is 0.246 e. The van der Waals surface area contributed by atoms with Crippen LogP contribution >= 0.6 is 23.4 Å². The average molecular weight is 388 g/mol. The molecule has 1 atom stereocenters. The van der Waals surface area contributed by atoms with Gasteiger partial charge >= 0.3 is 0 Å². The number of aromatic nitrogens is 2. The molecule has 0 aliphatic heterocycles. The standard InChI is InChI=1S/C19H18ClN3O2S/c1-13(26-12-14-7-3-2-4-8-14)19(24)21-11-17-22-18(23-25-17)15-9-5-6-10-16(15)20/h2-10,13H,11-12H2,1H3,(H,21,24)/t13-/m1/s1. The van der Waals surface area contributed by atoms with Crippen molar-refractivity contribution in [2.24, 2.45) is 0 Å². The summed E-state index contributed by atoms with van der Waals surface area (Å²) in [6.45, 7) is 2.07. The molecule has 3 aromatic rings. The minimum absolute atomic E-state index is 0.0663. The maximum atomic E-state index is 12.2. The molecule has 0 unspecified atom stereocenters. The topological polar surface area (TPSA) is 68.0 Å². The van der Waals surface area contributed by atoms with Crippen LogP contribution in [0.5, 0.6) is 0 Å². The van der Waals surface area contributed by atoms with Crippen molar-refractivity contribution >= 4 is 29.3 Å². The number of carbonyl (C=O) groups is 1. The van der Waals surface area contributed by atoms with Gasteiger partial charge in [-0.3, -0.25) is 4.79 Å². The van der Waals surface area contributed by atoms with Crippen LogP contribution in [0.3, 0.4) is 0 Å². The van der Waals surface area contributed by atoms with E-state index in [0.717, 1.165) is 5.75 Å². The fourth-order valence-corrected chi connectivity index (χ4v) is 3.35. The second-order valence-corrected chi connectivity index (χ2v) is 7.38. The number of hydrogen-bond donors (Lipinski definition) is 1. The predicted molar refractivity (Wildman–Crippen MR) is 104 cm³/mol. The van der Waals surface area contributed by atoms with Gasteiger partial charge < -0.3 is 9.84 Å². The summed E-state index contributed by atoms with van der Waals surface area (Å²) in [6, 6.07) is 17.3. The minimum atomic E-state index is -0.179. The van der Waals surface area contributed by atoms with Crippen LogP contribution < -0.4 is 5.32 Å². The van der Waals surface area contributed by atoms with Crippen molar-refractivity contribution < 1.29 is 9.32 Å². The van der Waals surface area contributed by atoms with E-state index < -0.39 is 0 Å². The Balaban J connectivity index is 1.51. The average Bonchev–Trinajstić information content (AvgIpc) is 3.14. The second-order valence-electron chi connectivity index (χ2n) is 5.65. The Hall–Kier alpha value is -2.31. The van der Waals surface area contributed by atoms with Crippen LogP contribution in [0.2, 0.25) is 5.02 Å². The molecule has 0 fully saturated rings. The smallest absolute Gasteiger partial charge is 0.246 e.